The van der Waals surface area contributed by atoms with Gasteiger partial charge in [-0.1, -0.05) is 31.2 Å². The zero-order valence-electron chi connectivity index (χ0n) is 6.22. The lowest BCUT2D eigenvalue weighted by Crippen LogP contribution is -1.85. The molecule has 0 fully saturated rings. The van der Waals surface area contributed by atoms with Gasteiger partial charge in [0, 0.05) is 0 Å². The molecule has 0 unspecified atom stereocenters. The van der Waals surface area contributed by atoms with Crippen molar-refractivity contribution < 1.29 is 0 Å². The molecule has 51 valence electrons. The minimum atomic E-state index is 1.20. The Morgan fingerprint density at radius 1 is 1.00 bits per heavy atom. The van der Waals surface area contributed by atoms with Gasteiger partial charge in [0.05, 0.1) is 0 Å². The number of fused-ring (bicyclic) bond motifs is 1. The molecule has 0 aromatic heterocycles. The van der Waals surface area contributed by atoms with Crippen LogP contribution in [0.15, 0.2) is 24.3 Å². The molecule has 0 bridgehead atoms. The molecule has 1 aliphatic rings. The van der Waals surface area contributed by atoms with Crippen molar-refractivity contribution in [1.82, 2.24) is 0 Å². The van der Waals surface area contributed by atoms with E-state index in [9.17, 15) is 0 Å². The summed E-state index contributed by atoms with van der Waals surface area (Å²) in [6.07, 6.45) is 2.41. The number of hydrogen-bond donors (Lipinski definition) is 0. The summed E-state index contributed by atoms with van der Waals surface area (Å²) >= 11 is 0. The van der Waals surface area contributed by atoms with Gasteiger partial charge < -0.3 is 0 Å². The highest BCUT2D eigenvalue weighted by atomic mass is 14.2. The molecule has 0 saturated heterocycles. The zero-order chi connectivity index (χ0) is 6.97. The van der Waals surface area contributed by atoms with Crippen molar-refractivity contribution in [3.8, 4) is 0 Å². The highest BCUT2D eigenvalue weighted by Crippen LogP contribution is 2.26. The molecule has 1 aromatic rings. The summed E-state index contributed by atoms with van der Waals surface area (Å²) in [6, 6.07) is 8.70. The van der Waals surface area contributed by atoms with Crippen molar-refractivity contribution >= 4 is 0 Å². The normalized spacial score (nSPS) is 17.3. The number of rotatable bonds is 0. The first-order valence-corrected chi connectivity index (χ1v) is 3.74. The maximum atomic E-state index is 2.24. The van der Waals surface area contributed by atoms with Gasteiger partial charge >= 0.3 is 0 Å². The Labute approximate surface area is 61.9 Å². The number of hydrogen-bond acceptors (Lipinski definition) is 0. The molecule has 0 N–H and O–H groups in total. The third-order valence-electron chi connectivity index (χ3n) is 2.10. The van der Waals surface area contributed by atoms with Crippen LogP contribution in [0.5, 0.6) is 0 Å². The minimum absolute atomic E-state index is 1.20. The van der Waals surface area contributed by atoms with Crippen LogP contribution in [0.3, 0.4) is 0 Å². The van der Waals surface area contributed by atoms with Crippen LogP contribution in [0.4, 0.5) is 0 Å². The summed E-state index contributed by atoms with van der Waals surface area (Å²) in [5.41, 5.74) is 3.06. The van der Waals surface area contributed by atoms with E-state index < -0.39 is 0 Å². The van der Waals surface area contributed by atoms with Crippen LogP contribution in [0.1, 0.15) is 18.1 Å². The Hall–Kier alpha value is -0.780. The minimum Gasteiger partial charge on any atom is -0.0620 e. The molecule has 0 nitrogen and oxygen atoms in total. The maximum Gasteiger partial charge on any atom is -0.0185 e. The zero-order valence-corrected chi connectivity index (χ0v) is 6.22. The second kappa shape index (κ2) is 2.12. The Kier molecular flexibility index (Phi) is 1.26. The highest BCUT2D eigenvalue weighted by molar-refractivity contribution is 5.37. The topological polar surface area (TPSA) is 0 Å². The lowest BCUT2D eigenvalue weighted by atomic mass is 10.1. The van der Waals surface area contributed by atoms with Crippen LogP contribution >= 0.6 is 0 Å². The van der Waals surface area contributed by atoms with Gasteiger partial charge in [0.1, 0.15) is 0 Å². The third-order valence-corrected chi connectivity index (χ3v) is 2.10. The molecule has 1 aliphatic carbocycles. The van der Waals surface area contributed by atoms with Crippen molar-refractivity contribution in [2.75, 3.05) is 0 Å². The Morgan fingerprint density at radius 3 is 2.00 bits per heavy atom. The molecule has 0 aliphatic heterocycles. The molecular formula is C10H11. The average Bonchev–Trinajstić information content (AvgIpc) is 2.27. The van der Waals surface area contributed by atoms with Gasteiger partial charge in [-0.15, -0.1) is 0 Å². The quantitative estimate of drug-likeness (QED) is 0.507. The van der Waals surface area contributed by atoms with Gasteiger partial charge in [0.25, 0.3) is 0 Å². The van der Waals surface area contributed by atoms with Crippen molar-refractivity contribution in [3.05, 3.63) is 41.3 Å². The second-order valence-corrected chi connectivity index (χ2v) is 3.08. The van der Waals surface area contributed by atoms with Crippen molar-refractivity contribution in [3.63, 3.8) is 0 Å². The van der Waals surface area contributed by atoms with E-state index >= 15 is 0 Å². The van der Waals surface area contributed by atoms with E-state index in [4.69, 9.17) is 0 Å². The van der Waals surface area contributed by atoms with Gasteiger partial charge in [0.2, 0.25) is 0 Å². The SMILES string of the molecule is C[C]1Cc2ccccc2C1. The Balaban J connectivity index is 2.42. The fourth-order valence-corrected chi connectivity index (χ4v) is 1.62. The molecule has 0 atom stereocenters. The Morgan fingerprint density at radius 2 is 1.50 bits per heavy atom. The summed E-state index contributed by atoms with van der Waals surface area (Å²) in [4.78, 5) is 0. The largest absolute Gasteiger partial charge is 0.0620 e. The molecular weight excluding hydrogens is 120 g/mol. The first-order chi connectivity index (χ1) is 4.86. The van der Waals surface area contributed by atoms with E-state index in [0.717, 1.165) is 0 Å². The first-order valence-electron chi connectivity index (χ1n) is 3.74. The fraction of sp³-hybridized carbons (Fsp3) is 0.300. The fourth-order valence-electron chi connectivity index (χ4n) is 1.62. The molecule has 10 heavy (non-hydrogen) atoms. The summed E-state index contributed by atoms with van der Waals surface area (Å²) in [5.74, 6) is 1.60. The molecule has 1 radical (unpaired) electrons. The van der Waals surface area contributed by atoms with E-state index in [1.807, 2.05) is 0 Å². The van der Waals surface area contributed by atoms with Crippen molar-refractivity contribution in [2.45, 2.75) is 19.8 Å². The second-order valence-electron chi connectivity index (χ2n) is 3.08. The standard InChI is InChI=1S/C10H11/c1-8-6-9-4-2-3-5-10(9)7-8/h2-5H,6-7H2,1H3. The molecule has 0 spiro atoms. The lowest BCUT2D eigenvalue weighted by molar-refractivity contribution is 0.951. The van der Waals surface area contributed by atoms with E-state index in [1.54, 1.807) is 5.92 Å². The predicted octanol–water partition coefficient (Wildman–Crippen LogP) is 2.38. The average molecular weight is 131 g/mol. The van der Waals surface area contributed by atoms with Crippen LogP contribution in [-0.4, -0.2) is 0 Å². The van der Waals surface area contributed by atoms with Crippen molar-refractivity contribution in [1.29, 1.82) is 0 Å². The molecule has 0 heteroatoms. The molecule has 2 rings (SSSR count). The van der Waals surface area contributed by atoms with E-state index in [-0.39, 0.29) is 0 Å². The maximum absolute atomic E-state index is 2.24. The van der Waals surface area contributed by atoms with Crippen LogP contribution < -0.4 is 0 Å². The van der Waals surface area contributed by atoms with Gasteiger partial charge in [-0.2, -0.15) is 0 Å². The summed E-state index contributed by atoms with van der Waals surface area (Å²) in [5, 5.41) is 0. The van der Waals surface area contributed by atoms with E-state index in [2.05, 4.69) is 31.2 Å². The van der Waals surface area contributed by atoms with E-state index in [0.29, 0.717) is 0 Å². The summed E-state index contributed by atoms with van der Waals surface area (Å²) < 4.78 is 0. The van der Waals surface area contributed by atoms with Crippen LogP contribution in [0.25, 0.3) is 0 Å². The van der Waals surface area contributed by atoms with Crippen LogP contribution in [0, 0.1) is 5.92 Å². The highest BCUT2D eigenvalue weighted by Gasteiger charge is 2.16. The smallest absolute Gasteiger partial charge is 0.0185 e. The van der Waals surface area contributed by atoms with Gasteiger partial charge in [-0.05, 0) is 29.9 Å². The molecule has 1 aromatic carbocycles. The van der Waals surface area contributed by atoms with Crippen molar-refractivity contribution in [2.24, 2.45) is 0 Å². The lowest BCUT2D eigenvalue weighted by Gasteiger charge is -1.93. The molecule has 0 heterocycles. The number of benzene rings is 1. The Bertz CT molecular complexity index is 213. The molecule has 0 saturated carbocycles. The molecule has 0 amide bonds. The monoisotopic (exact) mass is 131 g/mol. The first kappa shape index (κ1) is 5.96. The third kappa shape index (κ3) is 0.841. The van der Waals surface area contributed by atoms with Crippen LogP contribution in [0.2, 0.25) is 0 Å². The summed E-state index contributed by atoms with van der Waals surface area (Å²) in [6.45, 7) is 2.24. The van der Waals surface area contributed by atoms with Crippen LogP contribution in [-0.2, 0) is 12.8 Å². The van der Waals surface area contributed by atoms with Gasteiger partial charge in [-0.3, -0.25) is 0 Å². The van der Waals surface area contributed by atoms with E-state index in [1.165, 1.54) is 24.0 Å². The van der Waals surface area contributed by atoms with Gasteiger partial charge in [-0.25, -0.2) is 0 Å². The van der Waals surface area contributed by atoms with Gasteiger partial charge in [0.15, 0.2) is 0 Å². The predicted molar refractivity (Wildman–Crippen MR) is 42.8 cm³/mol. The summed E-state index contributed by atoms with van der Waals surface area (Å²) in [7, 11) is 0.